The van der Waals surface area contributed by atoms with Gasteiger partial charge in [-0.1, -0.05) is 30.3 Å². The zero-order chi connectivity index (χ0) is 27.8. The van der Waals surface area contributed by atoms with Gasteiger partial charge in [0, 0.05) is 25.4 Å². The summed E-state index contributed by atoms with van der Waals surface area (Å²) < 4.78 is 0. The second kappa shape index (κ2) is 16.8. The van der Waals surface area contributed by atoms with Crippen LogP contribution in [0.2, 0.25) is 0 Å². The third-order valence-corrected chi connectivity index (χ3v) is 5.76. The Hall–Kier alpha value is -3.83. The molecule has 11 heteroatoms. The van der Waals surface area contributed by atoms with Crippen LogP contribution in [-0.4, -0.2) is 79.3 Å². The number of nitrogens with two attached hydrogens (primary N) is 1. The molecule has 0 aliphatic rings. The largest absolute Gasteiger partial charge is 0.350 e. The molecule has 2 atom stereocenters. The zero-order valence-corrected chi connectivity index (χ0v) is 22.1. The lowest BCUT2D eigenvalue weighted by molar-refractivity contribution is -0.131. The number of carbonyl (C=O) groups is 4. The Morgan fingerprint density at radius 3 is 2.16 bits per heavy atom. The molecule has 0 spiro atoms. The van der Waals surface area contributed by atoms with Crippen molar-refractivity contribution in [2.45, 2.75) is 44.3 Å². The summed E-state index contributed by atoms with van der Waals surface area (Å²) in [5.74, 6) is -1.80. The number of unbranched alkanes of at least 4 members (excludes halogenated alkanes) is 1. The summed E-state index contributed by atoms with van der Waals surface area (Å²) in [6.07, 6.45) is 5.60. The number of carbonyl (C=O) groups excluding carboxylic acids is 4. The SMILES string of the molecule is CN(C)CCCC[C@@H](NC(=O)CNC(=O)[C@@H](Cc1ccccc1)NC(=O)CN)C(=O)NCc1ccncc1. The average Bonchev–Trinajstić information content (AvgIpc) is 2.92. The standard InChI is InChI=1S/C27H39N7O4/c1-34(2)15-7-6-10-22(26(37)30-18-21-11-13-29-14-12-21)32-25(36)19-31-27(38)23(33-24(35)17-28)16-20-8-4-3-5-9-20/h3-5,8-9,11-14,22-23H,6-7,10,15-19,28H2,1-2H3,(H,30,37)(H,31,38)(H,32,36)(H,33,35)/t22-,23-/m1/s1. The second-order valence-electron chi connectivity index (χ2n) is 9.22. The van der Waals surface area contributed by atoms with E-state index in [2.05, 4.69) is 31.2 Å². The Bertz CT molecular complexity index is 1020. The molecular formula is C27H39N7O4. The van der Waals surface area contributed by atoms with Crippen molar-refractivity contribution >= 4 is 23.6 Å². The minimum Gasteiger partial charge on any atom is -0.350 e. The molecule has 1 aromatic carbocycles. The van der Waals surface area contributed by atoms with Crippen LogP contribution < -0.4 is 27.0 Å². The Balaban J connectivity index is 1.95. The molecule has 0 bridgehead atoms. The van der Waals surface area contributed by atoms with Gasteiger partial charge in [0.25, 0.3) is 0 Å². The molecule has 1 aromatic heterocycles. The molecule has 11 nitrogen and oxygen atoms in total. The Labute approximate surface area is 223 Å². The Morgan fingerprint density at radius 2 is 1.50 bits per heavy atom. The molecule has 0 aliphatic carbocycles. The first-order chi connectivity index (χ1) is 18.3. The van der Waals surface area contributed by atoms with Crippen molar-refractivity contribution in [1.29, 1.82) is 0 Å². The molecule has 6 N–H and O–H groups in total. The van der Waals surface area contributed by atoms with Gasteiger partial charge >= 0.3 is 0 Å². The van der Waals surface area contributed by atoms with Crippen LogP contribution in [0.3, 0.4) is 0 Å². The predicted octanol–water partition coefficient (Wildman–Crippen LogP) is -0.283. The van der Waals surface area contributed by atoms with Gasteiger partial charge < -0.3 is 31.9 Å². The maximum atomic E-state index is 12.9. The fraction of sp³-hybridized carbons (Fsp3) is 0.444. The molecule has 0 saturated carbocycles. The minimum atomic E-state index is -0.897. The van der Waals surface area contributed by atoms with Crippen LogP contribution in [0, 0.1) is 0 Å². The quantitative estimate of drug-likeness (QED) is 0.189. The highest BCUT2D eigenvalue weighted by Crippen LogP contribution is 2.05. The number of hydrogen-bond donors (Lipinski definition) is 5. The molecule has 38 heavy (non-hydrogen) atoms. The smallest absolute Gasteiger partial charge is 0.243 e. The summed E-state index contributed by atoms with van der Waals surface area (Å²) in [6.45, 7) is 0.578. The summed E-state index contributed by atoms with van der Waals surface area (Å²) in [5.41, 5.74) is 7.13. The fourth-order valence-electron chi connectivity index (χ4n) is 3.71. The highest BCUT2D eigenvalue weighted by atomic mass is 16.2. The first kappa shape index (κ1) is 30.4. The fourth-order valence-corrected chi connectivity index (χ4v) is 3.71. The summed E-state index contributed by atoms with van der Waals surface area (Å²) in [7, 11) is 3.95. The van der Waals surface area contributed by atoms with Crippen molar-refractivity contribution in [3.05, 3.63) is 66.0 Å². The van der Waals surface area contributed by atoms with Crippen LogP contribution >= 0.6 is 0 Å². The summed E-state index contributed by atoms with van der Waals surface area (Å²) in [4.78, 5) is 56.3. The molecule has 4 amide bonds. The van der Waals surface area contributed by atoms with Gasteiger partial charge in [0.15, 0.2) is 0 Å². The van der Waals surface area contributed by atoms with E-state index in [1.165, 1.54) is 0 Å². The van der Waals surface area contributed by atoms with Crippen LogP contribution in [0.25, 0.3) is 0 Å². The van der Waals surface area contributed by atoms with Crippen LogP contribution in [0.5, 0.6) is 0 Å². The molecule has 0 aliphatic heterocycles. The van der Waals surface area contributed by atoms with Crippen LogP contribution in [-0.2, 0) is 32.1 Å². The van der Waals surface area contributed by atoms with Gasteiger partial charge in [-0.2, -0.15) is 0 Å². The molecule has 0 saturated heterocycles. The number of aromatic nitrogens is 1. The van der Waals surface area contributed by atoms with E-state index in [0.29, 0.717) is 13.0 Å². The first-order valence-electron chi connectivity index (χ1n) is 12.7. The van der Waals surface area contributed by atoms with Gasteiger partial charge in [0.2, 0.25) is 23.6 Å². The van der Waals surface area contributed by atoms with Crippen molar-refractivity contribution in [1.82, 2.24) is 31.2 Å². The molecule has 0 radical (unpaired) electrons. The molecular weight excluding hydrogens is 486 g/mol. The molecule has 0 fully saturated rings. The van der Waals surface area contributed by atoms with Crippen molar-refractivity contribution < 1.29 is 19.2 Å². The number of rotatable bonds is 16. The Kier molecular flexibility index (Phi) is 13.5. The zero-order valence-electron chi connectivity index (χ0n) is 22.1. The van der Waals surface area contributed by atoms with Gasteiger partial charge in [0.1, 0.15) is 12.1 Å². The van der Waals surface area contributed by atoms with Gasteiger partial charge in [-0.3, -0.25) is 24.2 Å². The number of amides is 4. The maximum absolute atomic E-state index is 12.9. The third kappa shape index (κ3) is 11.9. The van der Waals surface area contributed by atoms with Crippen molar-refractivity contribution in [3.63, 3.8) is 0 Å². The molecule has 2 aromatic rings. The maximum Gasteiger partial charge on any atom is 0.243 e. The lowest BCUT2D eigenvalue weighted by Crippen LogP contribution is -2.53. The van der Waals surface area contributed by atoms with E-state index in [9.17, 15) is 19.2 Å². The van der Waals surface area contributed by atoms with Gasteiger partial charge in [0.05, 0.1) is 13.1 Å². The molecule has 1 heterocycles. The monoisotopic (exact) mass is 525 g/mol. The minimum absolute atomic E-state index is 0.242. The number of benzene rings is 1. The van der Waals surface area contributed by atoms with E-state index in [1.807, 2.05) is 44.4 Å². The second-order valence-corrected chi connectivity index (χ2v) is 9.22. The predicted molar refractivity (Wildman–Crippen MR) is 145 cm³/mol. The van der Waals surface area contributed by atoms with Crippen molar-refractivity contribution in [2.75, 3.05) is 33.7 Å². The highest BCUT2D eigenvalue weighted by molar-refractivity contribution is 5.92. The van der Waals surface area contributed by atoms with Gasteiger partial charge in [-0.15, -0.1) is 0 Å². The van der Waals surface area contributed by atoms with E-state index in [-0.39, 0.29) is 25.4 Å². The third-order valence-electron chi connectivity index (χ3n) is 5.76. The van der Waals surface area contributed by atoms with Crippen LogP contribution in [0.4, 0.5) is 0 Å². The van der Waals surface area contributed by atoms with E-state index in [0.717, 1.165) is 30.5 Å². The summed E-state index contributed by atoms with van der Waals surface area (Å²) in [5, 5.41) is 10.8. The lowest BCUT2D eigenvalue weighted by Gasteiger charge is -2.21. The summed E-state index contributed by atoms with van der Waals surface area (Å²) in [6, 6.07) is 11.2. The topological polar surface area (TPSA) is 159 Å². The number of pyridine rings is 1. The van der Waals surface area contributed by atoms with Crippen LogP contribution in [0.1, 0.15) is 30.4 Å². The highest BCUT2D eigenvalue weighted by Gasteiger charge is 2.23. The number of nitrogens with one attached hydrogen (secondary N) is 4. The first-order valence-corrected chi connectivity index (χ1v) is 12.7. The van der Waals surface area contributed by atoms with E-state index in [1.54, 1.807) is 24.5 Å². The average molecular weight is 526 g/mol. The number of hydrogen-bond acceptors (Lipinski definition) is 7. The van der Waals surface area contributed by atoms with Crippen molar-refractivity contribution in [3.8, 4) is 0 Å². The van der Waals surface area contributed by atoms with Crippen LogP contribution in [0.15, 0.2) is 54.9 Å². The number of nitrogens with zero attached hydrogens (tertiary/aromatic N) is 2. The normalized spacial score (nSPS) is 12.3. The summed E-state index contributed by atoms with van der Waals surface area (Å²) >= 11 is 0. The van der Waals surface area contributed by atoms with Crippen molar-refractivity contribution in [2.24, 2.45) is 5.73 Å². The van der Waals surface area contributed by atoms with E-state index >= 15 is 0 Å². The van der Waals surface area contributed by atoms with Gasteiger partial charge in [-0.05, 0) is 63.2 Å². The molecule has 2 rings (SSSR count). The lowest BCUT2D eigenvalue weighted by atomic mass is 10.1. The van der Waals surface area contributed by atoms with E-state index < -0.39 is 29.8 Å². The molecule has 0 unspecified atom stereocenters. The molecule has 206 valence electrons. The van der Waals surface area contributed by atoms with Gasteiger partial charge in [-0.25, -0.2) is 0 Å². The Morgan fingerprint density at radius 1 is 0.842 bits per heavy atom. The van der Waals surface area contributed by atoms with E-state index in [4.69, 9.17) is 5.73 Å².